The summed E-state index contributed by atoms with van der Waals surface area (Å²) in [6, 6.07) is 24.6. The number of amides is 2. The van der Waals surface area contributed by atoms with Crippen LogP contribution in [-0.2, 0) is 9.59 Å². The summed E-state index contributed by atoms with van der Waals surface area (Å²) >= 11 is 7.40. The van der Waals surface area contributed by atoms with Crippen molar-refractivity contribution in [3.05, 3.63) is 116 Å². The number of carbonyl (C=O) groups excluding carboxylic acids is 2. The van der Waals surface area contributed by atoms with Crippen molar-refractivity contribution in [3.8, 4) is 6.07 Å². The summed E-state index contributed by atoms with van der Waals surface area (Å²) < 4.78 is 0. The molecule has 1 atom stereocenters. The lowest BCUT2D eigenvalue weighted by molar-refractivity contribution is -0.114. The summed E-state index contributed by atoms with van der Waals surface area (Å²) in [5.74, 6) is -1.04. The standard InChI is InChI=1S/C30H27ClN4O2S/c1-18-13-14-22(15-24(18)31)34-26(36)17-38-30-23(16-32)28(21-10-5-4-6-11-21)27(20(3)33-30)29(37)35-25-12-8-7-9-19(25)2/h4-15,28,33H,17H2,1-3H3,(H,34,36)(H,35,37). The van der Waals surface area contributed by atoms with E-state index in [1.807, 2.05) is 81.4 Å². The van der Waals surface area contributed by atoms with Crippen LogP contribution in [-0.4, -0.2) is 17.6 Å². The number of allylic oxidation sites excluding steroid dienone is 2. The molecule has 3 aromatic rings. The number of thioether (sulfide) groups is 1. The Morgan fingerprint density at radius 3 is 2.37 bits per heavy atom. The van der Waals surface area contributed by atoms with Crippen molar-refractivity contribution >= 4 is 46.6 Å². The molecule has 1 aliphatic heterocycles. The molecule has 6 nitrogen and oxygen atoms in total. The molecule has 4 rings (SSSR count). The lowest BCUT2D eigenvalue weighted by atomic mass is 9.82. The van der Waals surface area contributed by atoms with Crippen LogP contribution in [0.2, 0.25) is 5.02 Å². The number of hydrogen-bond acceptors (Lipinski definition) is 5. The number of aryl methyl sites for hydroxylation is 2. The molecule has 0 bridgehead atoms. The highest BCUT2D eigenvalue weighted by Gasteiger charge is 2.35. The Labute approximate surface area is 231 Å². The van der Waals surface area contributed by atoms with Crippen LogP contribution < -0.4 is 16.0 Å². The van der Waals surface area contributed by atoms with Crippen LogP contribution in [0.3, 0.4) is 0 Å². The van der Waals surface area contributed by atoms with E-state index in [1.165, 1.54) is 11.8 Å². The van der Waals surface area contributed by atoms with E-state index < -0.39 is 5.92 Å². The summed E-state index contributed by atoms with van der Waals surface area (Å²) in [4.78, 5) is 26.3. The monoisotopic (exact) mass is 542 g/mol. The molecular weight excluding hydrogens is 516 g/mol. The van der Waals surface area contributed by atoms with Gasteiger partial charge in [-0.25, -0.2) is 0 Å². The van der Waals surface area contributed by atoms with Crippen LogP contribution in [0.15, 0.2) is 94.7 Å². The Kier molecular flexibility index (Phi) is 8.57. The summed E-state index contributed by atoms with van der Waals surface area (Å²) in [6.07, 6.45) is 0. The van der Waals surface area contributed by atoms with E-state index >= 15 is 0 Å². The molecule has 0 saturated carbocycles. The van der Waals surface area contributed by atoms with Crippen molar-refractivity contribution < 1.29 is 9.59 Å². The van der Waals surface area contributed by atoms with Gasteiger partial charge in [-0.2, -0.15) is 5.26 Å². The number of nitriles is 1. The number of benzene rings is 3. The Morgan fingerprint density at radius 1 is 0.974 bits per heavy atom. The Balaban J connectivity index is 1.61. The molecular formula is C30H27ClN4O2S. The normalized spacial score (nSPS) is 15.0. The van der Waals surface area contributed by atoms with E-state index in [-0.39, 0.29) is 17.6 Å². The minimum Gasteiger partial charge on any atom is -0.353 e. The fourth-order valence-electron chi connectivity index (χ4n) is 4.21. The largest absolute Gasteiger partial charge is 0.353 e. The highest BCUT2D eigenvalue weighted by molar-refractivity contribution is 8.03. The average molecular weight is 543 g/mol. The molecule has 8 heteroatoms. The molecule has 0 fully saturated rings. The third kappa shape index (κ3) is 6.10. The van der Waals surface area contributed by atoms with Crippen molar-refractivity contribution in [2.24, 2.45) is 0 Å². The molecule has 1 unspecified atom stereocenters. The smallest absolute Gasteiger partial charge is 0.254 e. The van der Waals surface area contributed by atoms with Crippen LogP contribution in [0.25, 0.3) is 0 Å². The highest BCUT2D eigenvalue weighted by Crippen LogP contribution is 2.41. The number of para-hydroxylation sites is 1. The van der Waals surface area contributed by atoms with Gasteiger partial charge < -0.3 is 16.0 Å². The number of dihydropyridines is 1. The van der Waals surface area contributed by atoms with Gasteiger partial charge in [-0.15, -0.1) is 0 Å². The second-order valence-electron chi connectivity index (χ2n) is 8.93. The van der Waals surface area contributed by atoms with Crippen molar-refractivity contribution in [2.75, 3.05) is 16.4 Å². The Hall–Kier alpha value is -3.99. The van der Waals surface area contributed by atoms with Gasteiger partial charge in [-0.3, -0.25) is 9.59 Å². The first-order valence-corrected chi connectivity index (χ1v) is 13.4. The van der Waals surface area contributed by atoms with Crippen molar-refractivity contribution in [1.29, 1.82) is 5.26 Å². The number of carbonyl (C=O) groups is 2. The predicted octanol–water partition coefficient (Wildman–Crippen LogP) is 6.66. The molecule has 38 heavy (non-hydrogen) atoms. The third-order valence-electron chi connectivity index (χ3n) is 6.22. The molecule has 1 aliphatic rings. The highest BCUT2D eigenvalue weighted by atomic mass is 35.5. The molecule has 0 radical (unpaired) electrons. The van der Waals surface area contributed by atoms with Gasteiger partial charge in [0.2, 0.25) is 5.91 Å². The number of hydrogen-bond donors (Lipinski definition) is 3. The molecule has 0 saturated heterocycles. The predicted molar refractivity (Wildman–Crippen MR) is 155 cm³/mol. The zero-order valence-corrected chi connectivity index (χ0v) is 22.8. The van der Waals surface area contributed by atoms with Gasteiger partial charge in [0.05, 0.1) is 28.3 Å². The van der Waals surface area contributed by atoms with Gasteiger partial charge in [-0.05, 0) is 55.7 Å². The number of anilines is 2. The number of nitrogens with one attached hydrogen (secondary N) is 3. The van der Waals surface area contributed by atoms with Crippen LogP contribution in [0.4, 0.5) is 11.4 Å². The Morgan fingerprint density at radius 2 is 1.68 bits per heavy atom. The maximum Gasteiger partial charge on any atom is 0.254 e. The number of halogens is 1. The quantitative estimate of drug-likeness (QED) is 0.310. The topological polar surface area (TPSA) is 94.0 Å². The van der Waals surface area contributed by atoms with Gasteiger partial charge >= 0.3 is 0 Å². The summed E-state index contributed by atoms with van der Waals surface area (Å²) in [6.45, 7) is 5.63. The molecule has 1 heterocycles. The van der Waals surface area contributed by atoms with E-state index in [0.29, 0.717) is 38.3 Å². The van der Waals surface area contributed by atoms with E-state index in [4.69, 9.17) is 11.6 Å². The summed E-state index contributed by atoms with van der Waals surface area (Å²) in [5.41, 5.74) is 5.45. The number of rotatable bonds is 7. The van der Waals surface area contributed by atoms with Gasteiger partial charge in [-0.1, -0.05) is 78.0 Å². The van der Waals surface area contributed by atoms with Gasteiger partial charge in [0.1, 0.15) is 0 Å². The molecule has 0 spiro atoms. The summed E-state index contributed by atoms with van der Waals surface area (Å²) in [7, 11) is 0. The molecule has 0 aromatic heterocycles. The minimum absolute atomic E-state index is 0.0680. The first-order valence-electron chi connectivity index (χ1n) is 12.0. The first kappa shape index (κ1) is 27.1. The third-order valence-corrected chi connectivity index (χ3v) is 7.65. The zero-order valence-electron chi connectivity index (χ0n) is 21.3. The SMILES string of the molecule is CC1=C(C(=O)Nc2ccccc2C)C(c2ccccc2)C(C#N)=C(SCC(=O)Nc2ccc(C)c(Cl)c2)N1. The van der Waals surface area contributed by atoms with Crippen LogP contribution in [0.1, 0.15) is 29.5 Å². The van der Waals surface area contributed by atoms with E-state index in [0.717, 1.165) is 16.7 Å². The van der Waals surface area contributed by atoms with E-state index in [9.17, 15) is 14.9 Å². The van der Waals surface area contributed by atoms with Crippen LogP contribution in [0.5, 0.6) is 0 Å². The first-order chi connectivity index (χ1) is 18.3. The molecule has 192 valence electrons. The summed E-state index contributed by atoms with van der Waals surface area (Å²) in [5, 5.41) is 20.4. The van der Waals surface area contributed by atoms with Crippen LogP contribution in [0, 0.1) is 25.2 Å². The second-order valence-corrected chi connectivity index (χ2v) is 10.3. The van der Waals surface area contributed by atoms with Crippen molar-refractivity contribution in [1.82, 2.24) is 5.32 Å². The zero-order chi connectivity index (χ0) is 27.2. The van der Waals surface area contributed by atoms with Crippen molar-refractivity contribution in [2.45, 2.75) is 26.7 Å². The molecule has 3 aromatic carbocycles. The Bertz CT molecular complexity index is 1490. The molecule has 2 amide bonds. The van der Waals surface area contributed by atoms with Gasteiger partial charge in [0.15, 0.2) is 0 Å². The maximum absolute atomic E-state index is 13.6. The second kappa shape index (κ2) is 12.0. The van der Waals surface area contributed by atoms with E-state index in [2.05, 4.69) is 22.0 Å². The van der Waals surface area contributed by atoms with Crippen LogP contribution >= 0.6 is 23.4 Å². The molecule has 3 N–H and O–H groups in total. The van der Waals surface area contributed by atoms with Gasteiger partial charge in [0, 0.05) is 27.7 Å². The maximum atomic E-state index is 13.6. The fourth-order valence-corrected chi connectivity index (χ4v) is 5.29. The van der Waals surface area contributed by atoms with Crippen molar-refractivity contribution in [3.63, 3.8) is 0 Å². The fraction of sp³-hybridized carbons (Fsp3) is 0.167. The van der Waals surface area contributed by atoms with Gasteiger partial charge in [0.25, 0.3) is 5.91 Å². The lowest BCUT2D eigenvalue weighted by Gasteiger charge is -2.30. The average Bonchev–Trinajstić information content (AvgIpc) is 2.91. The van der Waals surface area contributed by atoms with E-state index in [1.54, 1.807) is 12.1 Å². The minimum atomic E-state index is -0.590. The lowest BCUT2D eigenvalue weighted by Crippen LogP contribution is -2.31. The molecule has 0 aliphatic carbocycles. The number of nitrogens with zero attached hydrogens (tertiary/aromatic N) is 1.